The molecule has 0 spiro atoms. The van der Waals surface area contributed by atoms with Crippen molar-refractivity contribution in [3.8, 4) is 0 Å². The van der Waals surface area contributed by atoms with Crippen LogP contribution < -0.4 is 4.90 Å². The summed E-state index contributed by atoms with van der Waals surface area (Å²) in [6.07, 6.45) is 6.95. The van der Waals surface area contributed by atoms with Crippen LogP contribution in [0.3, 0.4) is 0 Å². The summed E-state index contributed by atoms with van der Waals surface area (Å²) in [7, 11) is 0. The molecule has 0 aliphatic heterocycles. The maximum Gasteiger partial charge on any atom is 0.0807 e. The van der Waals surface area contributed by atoms with Crippen LogP contribution in [0.4, 0.5) is 5.69 Å². The van der Waals surface area contributed by atoms with Crippen LogP contribution in [0.2, 0.25) is 0 Å². The Bertz CT molecular complexity index is 423. The minimum Gasteiger partial charge on any atom is -0.388 e. The predicted octanol–water partition coefficient (Wildman–Crippen LogP) is 4.93. The molecule has 2 nitrogen and oxygen atoms in total. The van der Waals surface area contributed by atoms with Crippen molar-refractivity contribution < 1.29 is 5.11 Å². The highest BCUT2D eigenvalue weighted by atomic mass is 16.3. The Morgan fingerprint density at radius 1 is 1.19 bits per heavy atom. The van der Waals surface area contributed by atoms with Crippen LogP contribution in [0.1, 0.15) is 71.0 Å². The molecule has 0 bridgehead atoms. The quantitative estimate of drug-likeness (QED) is 0.769. The van der Waals surface area contributed by atoms with E-state index >= 15 is 0 Å². The number of anilines is 1. The molecule has 0 radical (unpaired) electrons. The first-order valence-corrected chi connectivity index (χ1v) is 8.67. The van der Waals surface area contributed by atoms with Gasteiger partial charge in [0.15, 0.2) is 0 Å². The van der Waals surface area contributed by atoms with E-state index in [9.17, 15) is 5.11 Å². The van der Waals surface area contributed by atoms with Gasteiger partial charge in [-0.25, -0.2) is 0 Å². The summed E-state index contributed by atoms with van der Waals surface area (Å²) in [5.74, 6) is 0.720. The highest BCUT2D eigenvalue weighted by Crippen LogP contribution is 2.34. The Hall–Kier alpha value is -1.02. The van der Waals surface area contributed by atoms with Crippen LogP contribution >= 0.6 is 0 Å². The van der Waals surface area contributed by atoms with Crippen molar-refractivity contribution in [1.82, 2.24) is 0 Å². The van der Waals surface area contributed by atoms with Gasteiger partial charge in [-0.15, -0.1) is 0 Å². The number of benzene rings is 1. The lowest BCUT2D eigenvalue weighted by molar-refractivity contribution is 0.174. The van der Waals surface area contributed by atoms with Gasteiger partial charge in [0.05, 0.1) is 6.10 Å². The fourth-order valence-corrected chi connectivity index (χ4v) is 3.36. The summed E-state index contributed by atoms with van der Waals surface area (Å²) in [6.45, 7) is 7.74. The van der Waals surface area contributed by atoms with Gasteiger partial charge < -0.3 is 10.0 Å². The monoisotopic (exact) mass is 289 g/mol. The molecule has 118 valence electrons. The van der Waals surface area contributed by atoms with Crippen LogP contribution in [0.15, 0.2) is 24.3 Å². The maximum atomic E-state index is 10.4. The summed E-state index contributed by atoms with van der Waals surface area (Å²) >= 11 is 0. The summed E-state index contributed by atoms with van der Waals surface area (Å²) in [6, 6.07) is 9.12. The molecular weight excluding hydrogens is 258 g/mol. The molecule has 21 heavy (non-hydrogen) atoms. The summed E-state index contributed by atoms with van der Waals surface area (Å²) in [5, 5.41) is 10.4. The van der Waals surface area contributed by atoms with Crippen molar-refractivity contribution in [1.29, 1.82) is 0 Å². The third-order valence-corrected chi connectivity index (χ3v) is 4.70. The lowest BCUT2D eigenvalue weighted by Crippen LogP contribution is -2.35. The van der Waals surface area contributed by atoms with Gasteiger partial charge in [-0.05, 0) is 37.7 Å². The molecule has 0 amide bonds. The van der Waals surface area contributed by atoms with Crippen molar-refractivity contribution in [2.45, 2.75) is 71.4 Å². The molecule has 0 heterocycles. The molecule has 0 saturated heterocycles. The third kappa shape index (κ3) is 4.23. The molecule has 1 saturated carbocycles. The molecule has 2 heteroatoms. The molecule has 2 rings (SSSR count). The molecule has 1 atom stereocenters. The van der Waals surface area contributed by atoms with E-state index < -0.39 is 0 Å². The zero-order chi connectivity index (χ0) is 15.2. The average Bonchev–Trinajstić information content (AvgIpc) is 3.01. The number of aliphatic hydroxyl groups is 1. The first-order valence-electron chi connectivity index (χ1n) is 8.67. The number of hydrogen-bond donors (Lipinski definition) is 1. The van der Waals surface area contributed by atoms with Crippen molar-refractivity contribution >= 4 is 5.69 Å². The Balaban J connectivity index is 2.26. The van der Waals surface area contributed by atoms with Crippen molar-refractivity contribution in [2.24, 2.45) is 5.92 Å². The summed E-state index contributed by atoms with van der Waals surface area (Å²) in [5.41, 5.74) is 2.37. The van der Waals surface area contributed by atoms with Crippen LogP contribution in [0, 0.1) is 5.92 Å². The lowest BCUT2D eigenvalue weighted by Gasteiger charge is -2.34. The fourth-order valence-electron chi connectivity index (χ4n) is 3.36. The second-order valence-electron chi connectivity index (χ2n) is 6.80. The molecule has 1 aromatic rings. The zero-order valence-electron chi connectivity index (χ0n) is 13.9. The van der Waals surface area contributed by atoms with Crippen molar-refractivity contribution in [3.63, 3.8) is 0 Å². The topological polar surface area (TPSA) is 23.5 Å². The summed E-state index contributed by atoms with van der Waals surface area (Å²) < 4.78 is 0. The van der Waals surface area contributed by atoms with Crippen molar-refractivity contribution in [2.75, 3.05) is 11.4 Å². The van der Waals surface area contributed by atoms with E-state index in [0.29, 0.717) is 6.04 Å². The molecule has 1 fully saturated rings. The largest absolute Gasteiger partial charge is 0.388 e. The first kappa shape index (κ1) is 16.4. The van der Waals surface area contributed by atoms with Crippen LogP contribution in [0.25, 0.3) is 0 Å². The maximum absolute atomic E-state index is 10.4. The van der Waals surface area contributed by atoms with E-state index in [2.05, 4.69) is 43.9 Å². The summed E-state index contributed by atoms with van der Waals surface area (Å²) in [4.78, 5) is 2.58. The Kier molecular flexibility index (Phi) is 6.10. The van der Waals surface area contributed by atoms with E-state index in [1.54, 1.807) is 0 Å². The Morgan fingerprint density at radius 2 is 1.86 bits per heavy atom. The highest BCUT2D eigenvalue weighted by Gasteiger charge is 2.25. The molecule has 1 unspecified atom stereocenters. The highest BCUT2D eigenvalue weighted by molar-refractivity contribution is 5.55. The van der Waals surface area contributed by atoms with Gasteiger partial charge in [-0.2, -0.15) is 0 Å². The average molecular weight is 289 g/mol. The van der Waals surface area contributed by atoms with E-state index in [-0.39, 0.29) is 6.10 Å². The lowest BCUT2D eigenvalue weighted by atomic mass is 10.0. The first-order chi connectivity index (χ1) is 10.1. The van der Waals surface area contributed by atoms with Gasteiger partial charge in [0.1, 0.15) is 0 Å². The number of para-hydroxylation sites is 1. The van der Waals surface area contributed by atoms with Gasteiger partial charge >= 0.3 is 0 Å². The molecule has 1 N–H and O–H groups in total. The molecule has 0 aromatic heterocycles. The third-order valence-electron chi connectivity index (χ3n) is 4.70. The predicted molar refractivity (Wildman–Crippen MR) is 90.7 cm³/mol. The number of aliphatic hydroxyl groups excluding tert-OH is 1. The molecule has 1 aliphatic carbocycles. The number of hydrogen-bond acceptors (Lipinski definition) is 2. The van der Waals surface area contributed by atoms with E-state index in [0.717, 1.165) is 24.4 Å². The second-order valence-corrected chi connectivity index (χ2v) is 6.80. The van der Waals surface area contributed by atoms with Crippen LogP contribution in [-0.4, -0.2) is 17.7 Å². The molecule has 1 aliphatic rings. The normalized spacial score (nSPS) is 17.4. The van der Waals surface area contributed by atoms with Crippen molar-refractivity contribution in [3.05, 3.63) is 29.8 Å². The smallest absolute Gasteiger partial charge is 0.0807 e. The van der Waals surface area contributed by atoms with Gasteiger partial charge in [0.25, 0.3) is 0 Å². The Labute approximate surface area is 130 Å². The SMILES string of the molecule is CCC(O)c1ccccc1N(CCC(C)C)C1CCCC1. The standard InChI is InChI=1S/C19H31NO/c1-4-19(21)17-11-7-8-12-18(17)20(14-13-15(2)3)16-9-5-6-10-16/h7-8,11-12,15-16,19,21H,4-6,9-10,13-14H2,1-3H3. The molecular formula is C19H31NO. The van der Waals surface area contributed by atoms with Gasteiger partial charge in [0, 0.05) is 23.8 Å². The zero-order valence-corrected chi connectivity index (χ0v) is 13.9. The van der Waals surface area contributed by atoms with Gasteiger partial charge in [-0.1, -0.05) is 51.8 Å². The number of rotatable bonds is 7. The number of nitrogens with zero attached hydrogens (tertiary/aromatic N) is 1. The minimum absolute atomic E-state index is 0.343. The van der Waals surface area contributed by atoms with E-state index in [4.69, 9.17) is 0 Å². The van der Waals surface area contributed by atoms with Crippen LogP contribution in [0.5, 0.6) is 0 Å². The second kappa shape index (κ2) is 7.84. The van der Waals surface area contributed by atoms with Gasteiger partial charge in [-0.3, -0.25) is 0 Å². The van der Waals surface area contributed by atoms with E-state index in [1.807, 2.05) is 6.07 Å². The Morgan fingerprint density at radius 3 is 2.48 bits per heavy atom. The van der Waals surface area contributed by atoms with Gasteiger partial charge in [0.2, 0.25) is 0 Å². The van der Waals surface area contributed by atoms with E-state index in [1.165, 1.54) is 37.8 Å². The minimum atomic E-state index is -0.343. The molecule has 1 aromatic carbocycles. The van der Waals surface area contributed by atoms with Crippen LogP contribution in [-0.2, 0) is 0 Å². The fraction of sp³-hybridized carbons (Fsp3) is 0.684.